The summed E-state index contributed by atoms with van der Waals surface area (Å²) >= 11 is 1.82. The summed E-state index contributed by atoms with van der Waals surface area (Å²) in [5.74, 6) is 0.863. The van der Waals surface area contributed by atoms with Gasteiger partial charge in [-0.15, -0.1) is 11.3 Å². The van der Waals surface area contributed by atoms with Gasteiger partial charge in [-0.1, -0.05) is 24.3 Å². The number of para-hydroxylation sites is 1. The Labute approximate surface area is 188 Å². The molecule has 1 aliphatic heterocycles. The van der Waals surface area contributed by atoms with Gasteiger partial charge in [0.2, 0.25) is 0 Å². The number of hydrogen-bond acceptors (Lipinski definition) is 4. The molecule has 3 aromatic rings. The van der Waals surface area contributed by atoms with Crippen molar-refractivity contribution in [3.8, 4) is 0 Å². The van der Waals surface area contributed by atoms with Crippen LogP contribution in [0.3, 0.4) is 0 Å². The Morgan fingerprint density at radius 3 is 3.00 bits per heavy atom. The highest BCUT2D eigenvalue weighted by Gasteiger charge is 2.26. The molecular formula is C24H33N5OS. The number of aromatic amines is 1. The van der Waals surface area contributed by atoms with Crippen molar-refractivity contribution in [3.63, 3.8) is 0 Å². The van der Waals surface area contributed by atoms with Gasteiger partial charge in [0.05, 0.1) is 18.8 Å². The molecular weight excluding hydrogens is 406 g/mol. The normalized spacial score (nSPS) is 18.9. The van der Waals surface area contributed by atoms with Crippen LogP contribution in [0.15, 0.2) is 53.0 Å². The van der Waals surface area contributed by atoms with Gasteiger partial charge in [0.25, 0.3) is 0 Å². The summed E-state index contributed by atoms with van der Waals surface area (Å²) in [5.41, 5.74) is 2.58. The van der Waals surface area contributed by atoms with Gasteiger partial charge in [0.1, 0.15) is 0 Å². The van der Waals surface area contributed by atoms with Crippen LogP contribution in [0.1, 0.15) is 29.8 Å². The maximum absolute atomic E-state index is 5.75. The predicted molar refractivity (Wildman–Crippen MR) is 130 cm³/mol. The zero-order valence-corrected chi connectivity index (χ0v) is 19.3. The number of guanidine groups is 1. The molecule has 2 unspecified atom stereocenters. The lowest BCUT2D eigenvalue weighted by Crippen LogP contribution is -2.48. The summed E-state index contributed by atoms with van der Waals surface area (Å²) in [4.78, 5) is 11.7. The maximum Gasteiger partial charge on any atom is 0.191 e. The van der Waals surface area contributed by atoms with E-state index in [1.54, 1.807) is 0 Å². The van der Waals surface area contributed by atoms with Crippen LogP contribution in [-0.4, -0.2) is 61.8 Å². The molecule has 166 valence electrons. The van der Waals surface area contributed by atoms with Crippen molar-refractivity contribution < 1.29 is 4.74 Å². The minimum Gasteiger partial charge on any atom is -0.376 e. The number of thiophene rings is 1. The topological polar surface area (TPSA) is 64.7 Å². The van der Waals surface area contributed by atoms with E-state index in [0.29, 0.717) is 6.04 Å². The van der Waals surface area contributed by atoms with Crippen LogP contribution in [0.5, 0.6) is 0 Å². The average Bonchev–Trinajstić information content (AvgIpc) is 3.46. The van der Waals surface area contributed by atoms with E-state index in [2.05, 4.69) is 80.4 Å². The van der Waals surface area contributed by atoms with Crippen molar-refractivity contribution in [3.05, 3.63) is 58.4 Å². The van der Waals surface area contributed by atoms with Crippen LogP contribution in [0.25, 0.3) is 10.9 Å². The number of rotatable bonds is 8. The van der Waals surface area contributed by atoms with Crippen LogP contribution >= 0.6 is 11.3 Å². The van der Waals surface area contributed by atoms with Crippen molar-refractivity contribution in [2.24, 2.45) is 4.99 Å². The molecule has 0 amide bonds. The molecule has 0 aliphatic carbocycles. The van der Waals surface area contributed by atoms with Gasteiger partial charge in [-0.05, 0) is 42.8 Å². The van der Waals surface area contributed by atoms with E-state index in [-0.39, 0.29) is 6.10 Å². The van der Waals surface area contributed by atoms with Gasteiger partial charge in [0.15, 0.2) is 5.96 Å². The predicted octanol–water partition coefficient (Wildman–Crippen LogP) is 3.79. The van der Waals surface area contributed by atoms with E-state index in [4.69, 9.17) is 4.74 Å². The first-order valence-corrected chi connectivity index (χ1v) is 12.0. The van der Waals surface area contributed by atoms with Gasteiger partial charge in [0, 0.05) is 55.2 Å². The van der Waals surface area contributed by atoms with Crippen LogP contribution in [0.2, 0.25) is 0 Å². The molecule has 1 aromatic carbocycles. The third kappa shape index (κ3) is 5.67. The molecule has 0 spiro atoms. The largest absolute Gasteiger partial charge is 0.376 e. The number of benzene rings is 1. The lowest BCUT2D eigenvalue weighted by molar-refractivity contribution is -0.0334. The molecule has 2 aromatic heterocycles. The Morgan fingerprint density at radius 1 is 1.29 bits per heavy atom. The molecule has 3 heterocycles. The number of nitrogens with one attached hydrogen (secondary N) is 3. The number of aromatic nitrogens is 1. The molecule has 31 heavy (non-hydrogen) atoms. The molecule has 4 rings (SSSR count). The van der Waals surface area contributed by atoms with E-state index in [9.17, 15) is 0 Å². The lowest BCUT2D eigenvalue weighted by Gasteiger charge is -2.37. The fourth-order valence-corrected chi connectivity index (χ4v) is 5.12. The van der Waals surface area contributed by atoms with Crippen molar-refractivity contribution in [2.45, 2.75) is 31.9 Å². The zero-order chi connectivity index (χ0) is 21.5. The Kier molecular flexibility index (Phi) is 7.61. The summed E-state index contributed by atoms with van der Waals surface area (Å²) in [6.45, 7) is 6.59. The number of hydrogen-bond donors (Lipinski definition) is 3. The van der Waals surface area contributed by atoms with E-state index < -0.39 is 0 Å². The quantitative estimate of drug-likeness (QED) is 0.284. The standard InChI is InChI=1S/C24H33N5OS/c1-18-17-29(12-13-30-18)22(23-10-6-14-31-23)16-28-24(25-2)26-11-5-7-19-15-27-21-9-4-3-8-20(19)21/h3-4,6,8-10,14-15,18,22,27H,5,7,11-13,16-17H2,1-2H3,(H2,25,26,28). The molecule has 7 heteroatoms. The number of aliphatic imine (C=N–C) groups is 1. The van der Waals surface area contributed by atoms with Crippen molar-refractivity contribution in [1.82, 2.24) is 20.5 Å². The summed E-state index contributed by atoms with van der Waals surface area (Å²) < 4.78 is 5.75. The van der Waals surface area contributed by atoms with Gasteiger partial charge in [-0.25, -0.2) is 0 Å². The molecule has 0 bridgehead atoms. The van der Waals surface area contributed by atoms with Crippen molar-refractivity contribution in [2.75, 3.05) is 39.8 Å². The summed E-state index contributed by atoms with van der Waals surface area (Å²) in [7, 11) is 1.84. The summed E-state index contributed by atoms with van der Waals surface area (Å²) in [6, 6.07) is 13.2. The molecule has 2 atom stereocenters. The number of morpholine rings is 1. The molecule has 1 fully saturated rings. The number of fused-ring (bicyclic) bond motifs is 1. The average molecular weight is 440 g/mol. The van der Waals surface area contributed by atoms with Crippen molar-refractivity contribution >= 4 is 28.2 Å². The van der Waals surface area contributed by atoms with E-state index >= 15 is 0 Å². The molecule has 0 radical (unpaired) electrons. The van der Waals surface area contributed by atoms with Crippen molar-refractivity contribution in [1.29, 1.82) is 0 Å². The molecule has 6 nitrogen and oxygen atoms in total. The highest BCUT2D eigenvalue weighted by molar-refractivity contribution is 7.10. The van der Waals surface area contributed by atoms with E-state index in [0.717, 1.165) is 51.6 Å². The van der Waals surface area contributed by atoms with Crippen LogP contribution in [-0.2, 0) is 11.2 Å². The Balaban J connectivity index is 1.27. The van der Waals surface area contributed by atoms with Gasteiger partial charge < -0.3 is 20.4 Å². The minimum absolute atomic E-state index is 0.276. The lowest BCUT2D eigenvalue weighted by atomic mass is 10.1. The van der Waals surface area contributed by atoms with Crippen LogP contribution in [0.4, 0.5) is 0 Å². The Hall–Kier alpha value is -2.35. The zero-order valence-electron chi connectivity index (χ0n) is 18.4. The first kappa shape index (κ1) is 21.9. The second-order valence-electron chi connectivity index (χ2n) is 8.05. The number of ether oxygens (including phenoxy) is 1. The second-order valence-corrected chi connectivity index (χ2v) is 9.03. The Bertz CT molecular complexity index is 967. The fraction of sp³-hybridized carbons (Fsp3) is 0.458. The minimum atomic E-state index is 0.276. The van der Waals surface area contributed by atoms with Crippen LogP contribution in [0, 0.1) is 0 Å². The molecule has 0 saturated carbocycles. The van der Waals surface area contributed by atoms with E-state index in [1.165, 1.54) is 21.3 Å². The highest BCUT2D eigenvalue weighted by atomic mass is 32.1. The molecule has 1 saturated heterocycles. The summed E-state index contributed by atoms with van der Waals surface area (Å²) in [6.07, 6.45) is 4.50. The van der Waals surface area contributed by atoms with Gasteiger partial charge in [-0.3, -0.25) is 9.89 Å². The number of H-pyrrole nitrogens is 1. The Morgan fingerprint density at radius 2 is 2.19 bits per heavy atom. The SMILES string of the molecule is CN=C(NCCCc1c[nH]c2ccccc12)NCC(c1cccs1)N1CCOC(C)C1. The third-order valence-corrected chi connectivity index (χ3v) is 6.84. The molecule has 1 aliphatic rings. The fourth-order valence-electron chi connectivity index (χ4n) is 4.26. The van der Waals surface area contributed by atoms with Gasteiger partial charge >= 0.3 is 0 Å². The smallest absolute Gasteiger partial charge is 0.191 e. The van der Waals surface area contributed by atoms with E-state index in [1.807, 2.05) is 18.4 Å². The first-order chi connectivity index (χ1) is 15.2. The molecule has 3 N–H and O–H groups in total. The van der Waals surface area contributed by atoms with Gasteiger partial charge in [-0.2, -0.15) is 0 Å². The number of nitrogens with zero attached hydrogens (tertiary/aromatic N) is 2. The second kappa shape index (κ2) is 10.8. The highest BCUT2D eigenvalue weighted by Crippen LogP contribution is 2.26. The third-order valence-electron chi connectivity index (χ3n) is 5.86. The monoisotopic (exact) mass is 439 g/mol. The number of aryl methyl sites for hydroxylation is 1. The first-order valence-electron chi connectivity index (χ1n) is 11.1. The maximum atomic E-state index is 5.75. The van der Waals surface area contributed by atoms with Crippen LogP contribution < -0.4 is 10.6 Å². The summed E-state index contributed by atoms with van der Waals surface area (Å²) in [5, 5.41) is 10.5.